The van der Waals surface area contributed by atoms with Crippen molar-refractivity contribution in [3.05, 3.63) is 0 Å². The topological polar surface area (TPSA) is 15.7 Å². The van der Waals surface area contributed by atoms with Crippen LogP contribution in [0.25, 0.3) is 0 Å². The van der Waals surface area contributed by atoms with Gasteiger partial charge in [0.25, 0.3) is 0 Å². The molecule has 0 atom stereocenters. The first-order chi connectivity index (χ1) is 7.88. The molecule has 0 aromatic heterocycles. The molecular weight excluding hydrogens is 220 g/mol. The molecule has 0 unspecified atom stereocenters. The van der Waals surface area contributed by atoms with Gasteiger partial charge >= 0.3 is 0 Å². The van der Waals surface area contributed by atoms with E-state index in [-0.39, 0.29) is 0 Å². The van der Waals surface area contributed by atoms with Crippen LogP contribution in [0.4, 0.5) is 0 Å². The lowest BCUT2D eigenvalue weighted by Gasteiger charge is -2.34. The van der Waals surface area contributed by atoms with Crippen molar-refractivity contribution in [1.29, 1.82) is 0 Å². The SMILES string of the molecule is SCCOCCN1CCN(CC2CC2)CC1. The first kappa shape index (κ1) is 12.7. The highest BCUT2D eigenvalue weighted by Crippen LogP contribution is 2.29. The molecule has 0 aromatic carbocycles. The van der Waals surface area contributed by atoms with Crippen molar-refractivity contribution >= 4 is 12.6 Å². The average Bonchev–Trinajstić information content (AvgIpc) is 3.11. The van der Waals surface area contributed by atoms with Gasteiger partial charge in [0.05, 0.1) is 13.2 Å². The highest BCUT2D eigenvalue weighted by atomic mass is 32.1. The molecule has 0 aromatic rings. The first-order valence-electron chi connectivity index (χ1n) is 6.52. The molecule has 2 rings (SSSR count). The zero-order valence-corrected chi connectivity index (χ0v) is 11.0. The van der Waals surface area contributed by atoms with Crippen molar-refractivity contribution in [2.45, 2.75) is 12.8 Å². The second kappa shape index (κ2) is 6.84. The van der Waals surface area contributed by atoms with Crippen LogP contribution in [-0.2, 0) is 4.74 Å². The Morgan fingerprint density at radius 2 is 1.69 bits per heavy atom. The van der Waals surface area contributed by atoms with Crippen LogP contribution in [0.3, 0.4) is 0 Å². The minimum atomic E-state index is 0.782. The van der Waals surface area contributed by atoms with Gasteiger partial charge < -0.3 is 9.64 Å². The van der Waals surface area contributed by atoms with Crippen LogP contribution in [0.15, 0.2) is 0 Å². The maximum atomic E-state index is 5.46. The van der Waals surface area contributed by atoms with Crippen molar-refractivity contribution in [1.82, 2.24) is 9.80 Å². The van der Waals surface area contributed by atoms with Crippen LogP contribution < -0.4 is 0 Å². The molecule has 0 amide bonds. The van der Waals surface area contributed by atoms with Crippen molar-refractivity contribution < 1.29 is 4.74 Å². The molecule has 1 saturated carbocycles. The predicted octanol–water partition coefficient (Wildman–Crippen LogP) is 0.960. The van der Waals surface area contributed by atoms with Gasteiger partial charge in [-0.25, -0.2) is 0 Å². The van der Waals surface area contributed by atoms with E-state index in [1.807, 2.05) is 0 Å². The summed E-state index contributed by atoms with van der Waals surface area (Å²) in [6.07, 6.45) is 2.94. The molecule has 1 aliphatic carbocycles. The Morgan fingerprint density at radius 1 is 1.00 bits per heavy atom. The quantitative estimate of drug-likeness (QED) is 0.531. The number of hydrogen-bond acceptors (Lipinski definition) is 4. The van der Waals surface area contributed by atoms with Gasteiger partial charge in [-0.3, -0.25) is 4.90 Å². The van der Waals surface area contributed by atoms with Crippen LogP contribution >= 0.6 is 12.6 Å². The monoisotopic (exact) mass is 244 g/mol. The van der Waals surface area contributed by atoms with E-state index in [4.69, 9.17) is 4.74 Å². The molecular formula is C12H24N2OS. The maximum Gasteiger partial charge on any atom is 0.0593 e. The third kappa shape index (κ3) is 4.62. The Hall–Kier alpha value is 0.230. The molecule has 4 heteroatoms. The van der Waals surface area contributed by atoms with Gasteiger partial charge in [0.1, 0.15) is 0 Å². The van der Waals surface area contributed by atoms with Crippen LogP contribution in [-0.4, -0.2) is 68.0 Å². The smallest absolute Gasteiger partial charge is 0.0593 e. The van der Waals surface area contributed by atoms with E-state index < -0.39 is 0 Å². The van der Waals surface area contributed by atoms with Gasteiger partial charge in [0.2, 0.25) is 0 Å². The van der Waals surface area contributed by atoms with Gasteiger partial charge in [0, 0.05) is 45.0 Å². The summed E-state index contributed by atoms with van der Waals surface area (Å²) in [6, 6.07) is 0. The fourth-order valence-electron chi connectivity index (χ4n) is 2.22. The number of piperazine rings is 1. The molecule has 16 heavy (non-hydrogen) atoms. The summed E-state index contributed by atoms with van der Waals surface area (Å²) in [4.78, 5) is 5.14. The molecule has 0 spiro atoms. The van der Waals surface area contributed by atoms with E-state index >= 15 is 0 Å². The average molecular weight is 244 g/mol. The first-order valence-corrected chi connectivity index (χ1v) is 7.15. The zero-order valence-electron chi connectivity index (χ0n) is 10.1. The molecule has 2 fully saturated rings. The third-order valence-corrected chi connectivity index (χ3v) is 3.65. The normalized spacial score (nSPS) is 23.8. The summed E-state index contributed by atoms with van der Waals surface area (Å²) in [6.45, 7) is 9.03. The van der Waals surface area contributed by atoms with E-state index in [2.05, 4.69) is 22.4 Å². The molecule has 94 valence electrons. The lowest BCUT2D eigenvalue weighted by molar-refractivity contribution is 0.0804. The van der Waals surface area contributed by atoms with Crippen molar-refractivity contribution in [2.24, 2.45) is 5.92 Å². The zero-order chi connectivity index (χ0) is 11.2. The Labute approximate surface area is 105 Å². The number of nitrogens with zero attached hydrogens (tertiary/aromatic N) is 2. The molecule has 1 saturated heterocycles. The Bertz CT molecular complexity index is 191. The number of hydrogen-bond donors (Lipinski definition) is 1. The molecule has 0 N–H and O–H groups in total. The summed E-state index contributed by atoms with van der Waals surface area (Å²) in [7, 11) is 0. The van der Waals surface area contributed by atoms with E-state index in [1.165, 1.54) is 45.6 Å². The third-order valence-electron chi connectivity index (χ3n) is 3.47. The van der Waals surface area contributed by atoms with Crippen LogP contribution in [0.5, 0.6) is 0 Å². The van der Waals surface area contributed by atoms with E-state index in [0.717, 1.165) is 31.4 Å². The van der Waals surface area contributed by atoms with Crippen LogP contribution in [0.2, 0.25) is 0 Å². The van der Waals surface area contributed by atoms with Crippen molar-refractivity contribution in [2.75, 3.05) is 58.2 Å². The van der Waals surface area contributed by atoms with Crippen molar-refractivity contribution in [3.63, 3.8) is 0 Å². The Balaban J connectivity index is 1.50. The highest BCUT2D eigenvalue weighted by Gasteiger charge is 2.26. The summed E-state index contributed by atoms with van der Waals surface area (Å²) in [5, 5.41) is 0. The van der Waals surface area contributed by atoms with Gasteiger partial charge in [-0.1, -0.05) is 0 Å². The van der Waals surface area contributed by atoms with Gasteiger partial charge in [0.15, 0.2) is 0 Å². The molecule has 1 aliphatic heterocycles. The predicted molar refractivity (Wildman–Crippen MR) is 70.3 cm³/mol. The second-order valence-electron chi connectivity index (χ2n) is 4.92. The minimum Gasteiger partial charge on any atom is -0.379 e. The number of thiol groups is 1. The van der Waals surface area contributed by atoms with Gasteiger partial charge in [-0.15, -0.1) is 0 Å². The molecule has 3 nitrogen and oxygen atoms in total. The van der Waals surface area contributed by atoms with Crippen LogP contribution in [0, 0.1) is 5.92 Å². The molecule has 0 bridgehead atoms. The Morgan fingerprint density at radius 3 is 2.31 bits per heavy atom. The number of rotatable bonds is 7. The highest BCUT2D eigenvalue weighted by molar-refractivity contribution is 7.80. The Kier molecular flexibility index (Phi) is 5.42. The number of ether oxygens (including phenoxy) is 1. The van der Waals surface area contributed by atoms with E-state index in [9.17, 15) is 0 Å². The molecule has 0 radical (unpaired) electrons. The summed E-state index contributed by atoms with van der Waals surface area (Å²) in [5.41, 5.74) is 0. The summed E-state index contributed by atoms with van der Waals surface area (Å²) < 4.78 is 5.46. The lowest BCUT2D eigenvalue weighted by atomic mass is 10.3. The van der Waals surface area contributed by atoms with Gasteiger partial charge in [-0.2, -0.15) is 12.6 Å². The minimum absolute atomic E-state index is 0.782. The lowest BCUT2D eigenvalue weighted by Crippen LogP contribution is -2.47. The van der Waals surface area contributed by atoms with E-state index in [1.54, 1.807) is 0 Å². The van der Waals surface area contributed by atoms with Gasteiger partial charge in [-0.05, 0) is 18.8 Å². The standard InChI is InChI=1S/C12H24N2OS/c16-10-9-15-8-7-13-3-5-14(6-4-13)11-12-1-2-12/h12,16H,1-11H2. The largest absolute Gasteiger partial charge is 0.379 e. The van der Waals surface area contributed by atoms with Crippen molar-refractivity contribution in [3.8, 4) is 0 Å². The maximum absolute atomic E-state index is 5.46. The second-order valence-corrected chi connectivity index (χ2v) is 5.37. The summed E-state index contributed by atoms with van der Waals surface area (Å²) in [5.74, 6) is 1.86. The summed E-state index contributed by atoms with van der Waals surface area (Å²) >= 11 is 4.12. The molecule has 2 aliphatic rings. The fourth-order valence-corrected chi connectivity index (χ4v) is 2.35. The van der Waals surface area contributed by atoms with Crippen LogP contribution in [0.1, 0.15) is 12.8 Å². The van der Waals surface area contributed by atoms with E-state index in [0.29, 0.717) is 0 Å². The fraction of sp³-hybridized carbons (Fsp3) is 1.00. The molecule has 1 heterocycles.